The quantitative estimate of drug-likeness (QED) is 0.249. The van der Waals surface area contributed by atoms with Crippen LogP contribution in [0.5, 0.6) is 0 Å². The minimum absolute atomic E-state index is 0. The smallest absolute Gasteiger partial charge is 0 e. The van der Waals surface area contributed by atoms with Crippen molar-refractivity contribution in [1.29, 1.82) is 0 Å². The molecule has 0 aliphatic heterocycles. The van der Waals surface area contributed by atoms with Gasteiger partial charge < -0.3 is 0 Å². The van der Waals surface area contributed by atoms with E-state index in [1.54, 1.807) is 0 Å². The maximum atomic E-state index is 0. The van der Waals surface area contributed by atoms with Crippen LogP contribution in [0.3, 0.4) is 0 Å². The molecule has 0 amide bonds. The van der Waals surface area contributed by atoms with Gasteiger partial charge in [0.2, 0.25) is 0 Å². The van der Waals surface area contributed by atoms with Crippen molar-refractivity contribution < 1.29 is 0 Å². The van der Waals surface area contributed by atoms with Crippen LogP contribution < -0.4 is 0 Å². The minimum atomic E-state index is 0. The van der Waals surface area contributed by atoms with Crippen LogP contribution in [0.15, 0.2) is 0 Å². The van der Waals surface area contributed by atoms with Crippen molar-refractivity contribution >= 4 is 143 Å². The fourth-order valence-corrected chi connectivity index (χ4v) is 0. The van der Waals surface area contributed by atoms with Crippen molar-refractivity contribution in [3.05, 3.63) is 0 Å². The summed E-state index contributed by atoms with van der Waals surface area (Å²) in [6, 6.07) is 0. The fourth-order valence-electron chi connectivity index (χ4n) is 0. The van der Waals surface area contributed by atoms with E-state index in [4.69, 9.17) is 0 Å². The Balaban J connectivity index is 0. The van der Waals surface area contributed by atoms with Gasteiger partial charge >= 0.3 is 0 Å². The normalized spacial score (nSPS) is 0. The molecule has 0 aromatic heterocycles. The summed E-state index contributed by atoms with van der Waals surface area (Å²) in [5, 5.41) is 0. The van der Waals surface area contributed by atoms with Crippen LogP contribution in [-0.4, -0.2) is 143 Å². The zero-order valence-corrected chi connectivity index (χ0v) is 20.1. The van der Waals surface area contributed by atoms with Crippen molar-refractivity contribution in [1.82, 2.24) is 0 Å². The van der Waals surface area contributed by atoms with Crippen LogP contribution in [0.4, 0.5) is 0 Å². The summed E-state index contributed by atoms with van der Waals surface area (Å²) in [4.78, 5) is 0. The molecule has 0 heterocycles. The van der Waals surface area contributed by atoms with Gasteiger partial charge in [-0.3, -0.25) is 0 Å². The Kier molecular flexibility index (Phi) is 248. The second kappa shape index (κ2) is 33.0. The molecule has 0 N–H and O–H groups in total. The monoisotopic (exact) mass is 719 g/mol. The molecule has 0 nitrogen and oxygen atoms in total. The maximum Gasteiger partial charge on any atom is 0 e. The van der Waals surface area contributed by atoms with Crippen LogP contribution in [-0.2, 0) is 0 Å². The first kappa shape index (κ1) is 45.1. The predicted molar refractivity (Wildman–Crippen MR) is 34.5 cm³/mol. The molecule has 0 aromatic carbocycles. The zero-order valence-electron chi connectivity index (χ0n) is 3.00. The number of hydrogen-bond acceptors (Lipinski definition) is 0. The second-order valence-electron chi connectivity index (χ2n) is 0. The van der Waals surface area contributed by atoms with E-state index in [0.717, 1.165) is 0 Å². The summed E-state index contributed by atoms with van der Waals surface area (Å²) in [6.45, 7) is 0. The summed E-state index contributed by atoms with van der Waals surface area (Å²) in [7, 11) is 0. The molecule has 0 unspecified atom stereocenters. The molecule has 24 valence electrons. The van der Waals surface area contributed by atoms with Gasteiger partial charge in [0.15, 0.2) is 0 Å². The van der Waals surface area contributed by atoms with E-state index in [1.807, 2.05) is 0 Å². The summed E-state index contributed by atoms with van der Waals surface area (Å²) < 4.78 is 0. The van der Waals surface area contributed by atoms with Crippen molar-refractivity contribution in [3.63, 3.8) is 0 Å². The van der Waals surface area contributed by atoms with E-state index in [9.17, 15) is 0 Å². The third kappa shape index (κ3) is 23.2. The molecule has 0 rings (SSSR count). The fraction of sp³-hybridized carbons (Fsp3) is 0. The molecular formula is Sn6. The van der Waals surface area contributed by atoms with E-state index in [2.05, 4.69) is 0 Å². The molecule has 0 fully saturated rings. The van der Waals surface area contributed by atoms with E-state index in [1.165, 1.54) is 0 Å². The average Bonchev–Trinajstić information content (AvgIpc) is 0. The molecule has 0 aliphatic rings. The molecular weight excluding hydrogens is 712 g/mol. The Morgan fingerprint density at radius 1 is 0.167 bits per heavy atom. The molecule has 0 saturated heterocycles. The van der Waals surface area contributed by atoms with Gasteiger partial charge in [-0.25, -0.2) is 0 Å². The largest absolute Gasteiger partial charge is 0 e. The van der Waals surface area contributed by atoms with Crippen molar-refractivity contribution in [2.75, 3.05) is 0 Å². The van der Waals surface area contributed by atoms with E-state index < -0.39 is 0 Å². The summed E-state index contributed by atoms with van der Waals surface area (Å²) in [5.41, 5.74) is 0. The first-order valence-corrected chi connectivity index (χ1v) is 0. The van der Waals surface area contributed by atoms with Crippen molar-refractivity contribution in [2.24, 2.45) is 0 Å². The van der Waals surface area contributed by atoms with Gasteiger partial charge in [0.05, 0.1) is 0 Å². The molecule has 6 heavy (non-hydrogen) atoms. The Hall–Kier alpha value is 4.79. The van der Waals surface area contributed by atoms with E-state index in [-0.39, 0.29) is 143 Å². The first-order valence-electron chi connectivity index (χ1n) is 0. The second-order valence-corrected chi connectivity index (χ2v) is 0. The third-order valence-corrected chi connectivity index (χ3v) is 0. The molecule has 0 atom stereocenters. The van der Waals surface area contributed by atoms with Gasteiger partial charge in [0, 0.05) is 143 Å². The summed E-state index contributed by atoms with van der Waals surface area (Å²) >= 11 is 0. The van der Waals surface area contributed by atoms with Crippen molar-refractivity contribution in [3.8, 4) is 0 Å². The van der Waals surface area contributed by atoms with Gasteiger partial charge in [-0.2, -0.15) is 0 Å². The topological polar surface area (TPSA) is 0 Å². The van der Waals surface area contributed by atoms with Gasteiger partial charge in [-0.1, -0.05) is 0 Å². The Morgan fingerprint density at radius 3 is 0.167 bits per heavy atom. The Morgan fingerprint density at radius 2 is 0.167 bits per heavy atom. The molecule has 24 radical (unpaired) electrons. The van der Waals surface area contributed by atoms with Crippen LogP contribution in [0, 0.1) is 0 Å². The summed E-state index contributed by atoms with van der Waals surface area (Å²) in [5.74, 6) is 0. The van der Waals surface area contributed by atoms with Gasteiger partial charge in [-0.05, 0) is 0 Å². The van der Waals surface area contributed by atoms with Crippen LogP contribution in [0.25, 0.3) is 0 Å². The van der Waals surface area contributed by atoms with Gasteiger partial charge in [0.25, 0.3) is 0 Å². The molecule has 0 aliphatic carbocycles. The predicted octanol–water partition coefficient (Wildman–Crippen LogP) is -2.28. The first-order chi connectivity index (χ1) is 0. The molecule has 0 saturated carbocycles. The molecule has 6 heteroatoms. The SMILES string of the molecule is [Sn].[Sn].[Sn].[Sn].[Sn].[Sn]. The van der Waals surface area contributed by atoms with Crippen LogP contribution >= 0.6 is 0 Å². The molecule has 0 aromatic rings. The van der Waals surface area contributed by atoms with Crippen molar-refractivity contribution in [2.45, 2.75) is 0 Å². The minimum Gasteiger partial charge on any atom is 0 e. The van der Waals surface area contributed by atoms with Crippen LogP contribution in [0.1, 0.15) is 0 Å². The molecule has 0 bridgehead atoms. The van der Waals surface area contributed by atoms with E-state index >= 15 is 0 Å². The Bertz CT molecular complexity index is 0. The van der Waals surface area contributed by atoms with Crippen LogP contribution in [0.2, 0.25) is 0 Å². The van der Waals surface area contributed by atoms with E-state index in [0.29, 0.717) is 0 Å². The summed E-state index contributed by atoms with van der Waals surface area (Å²) in [6.07, 6.45) is 0. The molecule has 0 spiro atoms. The number of hydrogen-bond donors (Lipinski definition) is 0. The zero-order chi connectivity index (χ0) is 0. The average molecular weight is 712 g/mol. The third-order valence-electron chi connectivity index (χ3n) is 0. The standard InChI is InChI=1S/6Sn. The van der Waals surface area contributed by atoms with Gasteiger partial charge in [0.1, 0.15) is 0 Å². The van der Waals surface area contributed by atoms with Gasteiger partial charge in [-0.15, -0.1) is 0 Å². The number of rotatable bonds is 0. The maximum absolute atomic E-state index is 0. The Labute approximate surface area is 140 Å².